The molecule has 27 heavy (non-hydrogen) atoms. The Kier molecular flexibility index (Phi) is 7.18. The van der Waals surface area contributed by atoms with Crippen molar-refractivity contribution in [1.29, 1.82) is 0 Å². The van der Waals surface area contributed by atoms with Crippen LogP contribution in [-0.4, -0.2) is 38.6 Å². The first-order valence-corrected chi connectivity index (χ1v) is 10.1. The zero-order valence-corrected chi connectivity index (χ0v) is 17.8. The molecule has 0 bridgehead atoms. The molecule has 0 spiro atoms. The summed E-state index contributed by atoms with van der Waals surface area (Å²) in [5.41, 5.74) is -0.830. The van der Waals surface area contributed by atoms with Crippen LogP contribution in [0.25, 0.3) is 0 Å². The second kappa shape index (κ2) is 8.39. The fraction of sp³-hybridized carbons (Fsp3) is 0.579. The Hall–Kier alpha value is -1.93. The molecule has 7 nitrogen and oxygen atoms in total. The third-order valence-electron chi connectivity index (χ3n) is 3.68. The third-order valence-corrected chi connectivity index (χ3v) is 5.52. The van der Waals surface area contributed by atoms with Crippen molar-refractivity contribution >= 4 is 22.0 Å². The predicted octanol–water partition coefficient (Wildman–Crippen LogP) is 2.96. The number of benzene rings is 1. The SMILES string of the molecule is COC(=O)c1ccc(C)c(S(=O)(=O)NC(C)(C)CCC(=O)OC(C)(C)C)c1. The number of carbonyl (C=O) groups is 2. The Morgan fingerprint density at radius 2 is 1.70 bits per heavy atom. The van der Waals surface area contributed by atoms with Gasteiger partial charge in [0.2, 0.25) is 10.0 Å². The van der Waals surface area contributed by atoms with E-state index in [0.717, 1.165) is 0 Å². The van der Waals surface area contributed by atoms with E-state index in [1.807, 2.05) is 0 Å². The Balaban J connectivity index is 2.95. The van der Waals surface area contributed by atoms with E-state index >= 15 is 0 Å². The van der Waals surface area contributed by atoms with E-state index < -0.39 is 33.1 Å². The molecule has 0 aliphatic carbocycles. The molecule has 0 aliphatic heterocycles. The van der Waals surface area contributed by atoms with Crippen molar-refractivity contribution in [1.82, 2.24) is 4.72 Å². The Labute approximate surface area is 161 Å². The van der Waals surface area contributed by atoms with Gasteiger partial charge >= 0.3 is 11.9 Å². The highest BCUT2D eigenvalue weighted by Gasteiger charge is 2.29. The molecule has 1 N–H and O–H groups in total. The number of sulfonamides is 1. The lowest BCUT2D eigenvalue weighted by atomic mass is 10.0. The van der Waals surface area contributed by atoms with Crippen LogP contribution in [0.1, 0.15) is 63.4 Å². The van der Waals surface area contributed by atoms with Crippen LogP contribution in [-0.2, 0) is 24.3 Å². The summed E-state index contributed by atoms with van der Waals surface area (Å²) in [5, 5.41) is 0. The van der Waals surface area contributed by atoms with Crippen LogP contribution in [0, 0.1) is 6.92 Å². The van der Waals surface area contributed by atoms with Crippen LogP contribution in [0.2, 0.25) is 0 Å². The molecule has 0 radical (unpaired) electrons. The van der Waals surface area contributed by atoms with E-state index in [0.29, 0.717) is 5.56 Å². The van der Waals surface area contributed by atoms with Crippen LogP contribution < -0.4 is 4.72 Å². The maximum absolute atomic E-state index is 12.8. The Morgan fingerprint density at radius 3 is 2.22 bits per heavy atom. The molecule has 8 heteroatoms. The molecule has 1 rings (SSSR count). The zero-order valence-electron chi connectivity index (χ0n) is 17.0. The van der Waals surface area contributed by atoms with Crippen molar-refractivity contribution in [3.63, 3.8) is 0 Å². The monoisotopic (exact) mass is 399 g/mol. The maximum Gasteiger partial charge on any atom is 0.337 e. The topological polar surface area (TPSA) is 98.8 Å². The summed E-state index contributed by atoms with van der Waals surface area (Å²) in [6.45, 7) is 10.3. The van der Waals surface area contributed by atoms with Gasteiger partial charge in [-0.2, -0.15) is 0 Å². The van der Waals surface area contributed by atoms with Gasteiger partial charge in [0.15, 0.2) is 0 Å². The van der Waals surface area contributed by atoms with Crippen molar-refractivity contribution in [2.24, 2.45) is 0 Å². The molecular formula is C19H29NO6S. The normalized spacial score (nSPS) is 12.6. The number of hydrogen-bond donors (Lipinski definition) is 1. The lowest BCUT2D eigenvalue weighted by molar-refractivity contribution is -0.155. The van der Waals surface area contributed by atoms with E-state index in [9.17, 15) is 18.0 Å². The van der Waals surface area contributed by atoms with Gasteiger partial charge in [-0.3, -0.25) is 4.79 Å². The quantitative estimate of drug-likeness (QED) is 0.708. The van der Waals surface area contributed by atoms with Gasteiger partial charge in [0.05, 0.1) is 17.6 Å². The van der Waals surface area contributed by atoms with Gasteiger partial charge in [0.25, 0.3) is 0 Å². The molecular weight excluding hydrogens is 370 g/mol. The number of aryl methyl sites for hydroxylation is 1. The fourth-order valence-corrected chi connectivity index (χ4v) is 4.12. The largest absolute Gasteiger partial charge is 0.465 e. The summed E-state index contributed by atoms with van der Waals surface area (Å²) in [7, 11) is -2.68. The number of esters is 2. The van der Waals surface area contributed by atoms with Gasteiger partial charge < -0.3 is 9.47 Å². The van der Waals surface area contributed by atoms with E-state index in [1.54, 1.807) is 47.6 Å². The number of ether oxygens (including phenoxy) is 2. The molecule has 1 aromatic carbocycles. The highest BCUT2D eigenvalue weighted by Crippen LogP contribution is 2.22. The number of rotatable bonds is 7. The summed E-state index contributed by atoms with van der Waals surface area (Å²) in [5.74, 6) is -1.01. The van der Waals surface area contributed by atoms with Crippen molar-refractivity contribution in [3.8, 4) is 0 Å². The molecule has 0 saturated carbocycles. The van der Waals surface area contributed by atoms with Crippen molar-refractivity contribution < 1.29 is 27.5 Å². The summed E-state index contributed by atoms with van der Waals surface area (Å²) < 4.78 is 38.2. The van der Waals surface area contributed by atoms with Gasteiger partial charge in [0.1, 0.15) is 5.60 Å². The highest BCUT2D eigenvalue weighted by atomic mass is 32.2. The predicted molar refractivity (Wildman–Crippen MR) is 102 cm³/mol. The molecule has 0 amide bonds. The van der Waals surface area contributed by atoms with E-state index in [-0.39, 0.29) is 23.3 Å². The van der Waals surface area contributed by atoms with Gasteiger partial charge in [-0.15, -0.1) is 0 Å². The summed E-state index contributed by atoms with van der Waals surface area (Å²) >= 11 is 0. The molecule has 0 heterocycles. The molecule has 0 fully saturated rings. The number of hydrogen-bond acceptors (Lipinski definition) is 6. The van der Waals surface area contributed by atoms with Crippen LogP contribution in [0.15, 0.2) is 23.1 Å². The molecule has 0 unspecified atom stereocenters. The van der Waals surface area contributed by atoms with Crippen LogP contribution >= 0.6 is 0 Å². The minimum Gasteiger partial charge on any atom is -0.465 e. The van der Waals surface area contributed by atoms with Crippen LogP contribution in [0.3, 0.4) is 0 Å². The molecule has 0 aromatic heterocycles. The number of nitrogens with one attached hydrogen (secondary N) is 1. The molecule has 1 aromatic rings. The zero-order chi connectivity index (χ0) is 21.0. The third kappa shape index (κ3) is 7.30. The average Bonchev–Trinajstić information content (AvgIpc) is 2.50. The molecule has 0 atom stereocenters. The van der Waals surface area contributed by atoms with Crippen molar-refractivity contribution in [2.75, 3.05) is 7.11 Å². The second-order valence-electron chi connectivity index (χ2n) is 8.05. The smallest absolute Gasteiger partial charge is 0.337 e. The van der Waals surface area contributed by atoms with Gasteiger partial charge in [-0.05, 0) is 65.7 Å². The average molecular weight is 400 g/mol. The molecule has 152 valence electrons. The van der Waals surface area contributed by atoms with Gasteiger partial charge in [-0.25, -0.2) is 17.9 Å². The van der Waals surface area contributed by atoms with Crippen LogP contribution in [0.5, 0.6) is 0 Å². The second-order valence-corrected chi connectivity index (χ2v) is 9.70. The Bertz CT molecular complexity index is 806. The van der Waals surface area contributed by atoms with E-state index in [2.05, 4.69) is 9.46 Å². The summed E-state index contributed by atoms with van der Waals surface area (Å²) in [4.78, 5) is 23.6. The standard InChI is InChI=1S/C19H29NO6S/c1-13-8-9-14(17(22)25-7)12-15(13)27(23,24)20-19(5,6)11-10-16(21)26-18(2,3)4/h8-9,12,20H,10-11H2,1-7H3. The summed E-state index contributed by atoms with van der Waals surface area (Å²) in [6.07, 6.45) is 0.338. The van der Waals surface area contributed by atoms with Crippen molar-refractivity contribution in [2.45, 2.75) is 70.4 Å². The van der Waals surface area contributed by atoms with E-state index in [1.165, 1.54) is 19.2 Å². The number of methoxy groups -OCH3 is 1. The lowest BCUT2D eigenvalue weighted by Crippen LogP contribution is -2.44. The first-order valence-electron chi connectivity index (χ1n) is 8.62. The van der Waals surface area contributed by atoms with Gasteiger partial charge in [0, 0.05) is 12.0 Å². The van der Waals surface area contributed by atoms with Crippen molar-refractivity contribution in [3.05, 3.63) is 29.3 Å². The minimum atomic E-state index is -3.91. The van der Waals surface area contributed by atoms with Gasteiger partial charge in [-0.1, -0.05) is 6.07 Å². The first-order chi connectivity index (χ1) is 12.2. The highest BCUT2D eigenvalue weighted by molar-refractivity contribution is 7.89. The minimum absolute atomic E-state index is 0.00394. The molecule has 0 aliphatic rings. The number of carbonyl (C=O) groups excluding carboxylic acids is 2. The lowest BCUT2D eigenvalue weighted by Gasteiger charge is -2.27. The fourth-order valence-electron chi connectivity index (χ4n) is 2.41. The first kappa shape index (κ1) is 23.1. The van der Waals surface area contributed by atoms with Crippen LogP contribution in [0.4, 0.5) is 0 Å². The maximum atomic E-state index is 12.8. The Morgan fingerprint density at radius 1 is 1.11 bits per heavy atom. The molecule has 0 saturated heterocycles. The summed E-state index contributed by atoms with van der Waals surface area (Å²) in [6, 6.07) is 4.34. The van der Waals surface area contributed by atoms with E-state index in [4.69, 9.17) is 4.74 Å².